The number of ketones is 1. The Balaban J connectivity index is 2.43. The van der Waals surface area contributed by atoms with Gasteiger partial charge in [-0.25, -0.2) is 9.37 Å². The zero-order valence-electron chi connectivity index (χ0n) is 10.0. The lowest BCUT2D eigenvalue weighted by molar-refractivity contribution is -0.140. The predicted octanol–water partition coefficient (Wildman–Crippen LogP) is 4.78. The molecule has 0 saturated carbocycles. The second-order valence-electron chi connectivity index (χ2n) is 4.01. The molecule has 0 unspecified atom stereocenters. The van der Waals surface area contributed by atoms with Crippen molar-refractivity contribution in [1.82, 2.24) is 4.98 Å². The SMILES string of the molecule is O=C(c1ccc(C(F)(F)F)c(F)c1)c1ncc(Cl)cc1Cl. The highest BCUT2D eigenvalue weighted by atomic mass is 35.5. The van der Waals surface area contributed by atoms with Crippen LogP contribution in [-0.4, -0.2) is 10.8 Å². The molecule has 0 N–H and O–H groups in total. The molecule has 0 aliphatic heterocycles. The highest BCUT2D eigenvalue weighted by Gasteiger charge is 2.34. The zero-order chi connectivity index (χ0) is 15.8. The molecule has 0 aliphatic carbocycles. The van der Waals surface area contributed by atoms with E-state index in [0.717, 1.165) is 12.3 Å². The van der Waals surface area contributed by atoms with Crippen LogP contribution in [0.1, 0.15) is 21.6 Å². The number of nitrogens with zero attached hydrogens (tertiary/aromatic N) is 1. The summed E-state index contributed by atoms with van der Waals surface area (Å²) < 4.78 is 50.8. The van der Waals surface area contributed by atoms with E-state index in [4.69, 9.17) is 23.2 Å². The smallest absolute Gasteiger partial charge is 0.287 e. The Morgan fingerprint density at radius 1 is 1.14 bits per heavy atom. The third-order valence-electron chi connectivity index (χ3n) is 2.56. The summed E-state index contributed by atoms with van der Waals surface area (Å²) in [5.41, 5.74) is -1.97. The van der Waals surface area contributed by atoms with Gasteiger partial charge in [0, 0.05) is 11.8 Å². The highest BCUT2D eigenvalue weighted by Crippen LogP contribution is 2.32. The molecule has 2 rings (SSSR count). The van der Waals surface area contributed by atoms with Crippen LogP contribution < -0.4 is 0 Å². The minimum Gasteiger partial charge on any atom is -0.287 e. The van der Waals surface area contributed by atoms with E-state index in [1.165, 1.54) is 6.07 Å². The number of alkyl halides is 3. The number of aromatic nitrogens is 1. The summed E-state index contributed by atoms with van der Waals surface area (Å²) >= 11 is 11.4. The van der Waals surface area contributed by atoms with Crippen molar-refractivity contribution < 1.29 is 22.4 Å². The van der Waals surface area contributed by atoms with Crippen molar-refractivity contribution in [2.45, 2.75) is 6.18 Å². The summed E-state index contributed by atoms with van der Waals surface area (Å²) in [4.78, 5) is 15.8. The fourth-order valence-electron chi connectivity index (χ4n) is 1.60. The molecule has 21 heavy (non-hydrogen) atoms. The number of pyridine rings is 1. The van der Waals surface area contributed by atoms with Crippen molar-refractivity contribution >= 4 is 29.0 Å². The highest BCUT2D eigenvalue weighted by molar-refractivity contribution is 6.37. The van der Waals surface area contributed by atoms with Gasteiger partial charge in [0.1, 0.15) is 11.5 Å². The lowest BCUT2D eigenvalue weighted by Gasteiger charge is -2.09. The number of halogens is 6. The standard InChI is InChI=1S/C13H5Cl2F4NO/c14-7-4-9(15)11(20-5-7)12(21)6-1-2-8(10(16)3-6)13(17,18)19/h1-5H. The summed E-state index contributed by atoms with van der Waals surface area (Å²) in [5.74, 6) is -2.34. The van der Waals surface area contributed by atoms with Gasteiger partial charge in [-0.15, -0.1) is 0 Å². The van der Waals surface area contributed by atoms with Crippen molar-refractivity contribution in [3.05, 3.63) is 63.1 Å². The number of hydrogen-bond donors (Lipinski definition) is 0. The molecular formula is C13H5Cl2F4NO. The topological polar surface area (TPSA) is 30.0 Å². The van der Waals surface area contributed by atoms with Crippen molar-refractivity contribution in [3.63, 3.8) is 0 Å². The van der Waals surface area contributed by atoms with Gasteiger partial charge in [0.15, 0.2) is 0 Å². The molecule has 0 aliphatic rings. The van der Waals surface area contributed by atoms with E-state index in [1.807, 2.05) is 0 Å². The van der Waals surface area contributed by atoms with E-state index in [0.29, 0.717) is 12.1 Å². The van der Waals surface area contributed by atoms with E-state index in [-0.39, 0.29) is 21.3 Å². The Hall–Kier alpha value is -1.66. The van der Waals surface area contributed by atoms with Gasteiger partial charge in [-0.05, 0) is 18.2 Å². The largest absolute Gasteiger partial charge is 0.419 e. The van der Waals surface area contributed by atoms with Crippen LogP contribution in [0.4, 0.5) is 17.6 Å². The first-order chi connectivity index (χ1) is 9.70. The molecule has 1 aromatic heterocycles. The molecule has 8 heteroatoms. The summed E-state index contributed by atoms with van der Waals surface area (Å²) in [5, 5.41) is 0.114. The number of hydrogen-bond acceptors (Lipinski definition) is 2. The molecule has 0 spiro atoms. The Morgan fingerprint density at radius 3 is 2.33 bits per heavy atom. The Bertz CT molecular complexity index is 716. The van der Waals surface area contributed by atoms with Crippen LogP contribution in [0.5, 0.6) is 0 Å². The lowest BCUT2D eigenvalue weighted by atomic mass is 10.0. The van der Waals surface area contributed by atoms with Gasteiger partial charge in [0.2, 0.25) is 5.78 Å². The van der Waals surface area contributed by atoms with E-state index >= 15 is 0 Å². The Morgan fingerprint density at radius 2 is 1.81 bits per heavy atom. The van der Waals surface area contributed by atoms with Crippen molar-refractivity contribution in [1.29, 1.82) is 0 Å². The van der Waals surface area contributed by atoms with E-state index < -0.39 is 23.3 Å². The molecule has 0 saturated heterocycles. The molecule has 1 aromatic carbocycles. The molecular weight excluding hydrogens is 333 g/mol. The second-order valence-corrected chi connectivity index (χ2v) is 4.85. The second kappa shape index (κ2) is 5.61. The van der Waals surface area contributed by atoms with Gasteiger partial charge < -0.3 is 0 Å². The van der Waals surface area contributed by atoms with Crippen LogP contribution in [0.25, 0.3) is 0 Å². The Labute approximate surface area is 126 Å². The first-order valence-corrected chi connectivity index (χ1v) is 6.18. The van der Waals surface area contributed by atoms with Crippen LogP contribution in [0.15, 0.2) is 30.5 Å². The Kier molecular flexibility index (Phi) is 4.20. The maximum Gasteiger partial charge on any atom is 0.419 e. The first-order valence-electron chi connectivity index (χ1n) is 5.42. The van der Waals surface area contributed by atoms with E-state index in [1.54, 1.807) is 0 Å². The molecule has 2 aromatic rings. The molecule has 0 bridgehead atoms. The van der Waals surface area contributed by atoms with Gasteiger partial charge in [-0.3, -0.25) is 4.79 Å². The monoisotopic (exact) mass is 337 g/mol. The van der Waals surface area contributed by atoms with Crippen LogP contribution in [-0.2, 0) is 6.18 Å². The lowest BCUT2D eigenvalue weighted by Crippen LogP contribution is -2.11. The van der Waals surface area contributed by atoms with Gasteiger partial charge in [0.25, 0.3) is 0 Å². The number of carbonyl (C=O) groups excluding carboxylic acids is 1. The fraction of sp³-hybridized carbons (Fsp3) is 0.0769. The number of benzene rings is 1. The molecule has 0 fully saturated rings. The average molecular weight is 338 g/mol. The van der Waals surface area contributed by atoms with Crippen molar-refractivity contribution in [2.24, 2.45) is 0 Å². The summed E-state index contributed by atoms with van der Waals surface area (Å²) in [6.07, 6.45) is -3.68. The van der Waals surface area contributed by atoms with Crippen LogP contribution in [0.2, 0.25) is 10.0 Å². The number of rotatable bonds is 2. The normalized spacial score (nSPS) is 11.5. The third kappa shape index (κ3) is 3.33. The summed E-state index contributed by atoms with van der Waals surface area (Å²) in [6.45, 7) is 0. The molecule has 0 amide bonds. The zero-order valence-corrected chi connectivity index (χ0v) is 11.5. The molecule has 110 valence electrons. The maximum atomic E-state index is 13.4. The molecule has 0 atom stereocenters. The summed E-state index contributed by atoms with van der Waals surface area (Å²) in [7, 11) is 0. The predicted molar refractivity (Wildman–Crippen MR) is 69.1 cm³/mol. The average Bonchev–Trinajstić information content (AvgIpc) is 2.36. The first kappa shape index (κ1) is 15.7. The van der Waals surface area contributed by atoms with Crippen molar-refractivity contribution in [2.75, 3.05) is 0 Å². The van der Waals surface area contributed by atoms with Gasteiger partial charge in [-0.1, -0.05) is 29.3 Å². The van der Waals surface area contributed by atoms with Crippen LogP contribution in [0.3, 0.4) is 0 Å². The molecule has 2 nitrogen and oxygen atoms in total. The number of carbonyl (C=O) groups is 1. The molecule has 0 radical (unpaired) electrons. The minimum atomic E-state index is -4.83. The third-order valence-corrected chi connectivity index (χ3v) is 3.05. The van der Waals surface area contributed by atoms with E-state index in [2.05, 4.69) is 4.98 Å². The van der Waals surface area contributed by atoms with Crippen LogP contribution in [0, 0.1) is 5.82 Å². The quantitative estimate of drug-likeness (QED) is 0.583. The van der Waals surface area contributed by atoms with Gasteiger partial charge >= 0.3 is 6.18 Å². The van der Waals surface area contributed by atoms with E-state index in [9.17, 15) is 22.4 Å². The van der Waals surface area contributed by atoms with Gasteiger partial charge in [-0.2, -0.15) is 13.2 Å². The maximum absolute atomic E-state index is 13.4. The fourth-order valence-corrected chi connectivity index (χ4v) is 2.07. The summed E-state index contributed by atoms with van der Waals surface area (Å²) in [6, 6.07) is 3.11. The minimum absolute atomic E-state index is 0.0761. The van der Waals surface area contributed by atoms with Gasteiger partial charge in [0.05, 0.1) is 15.6 Å². The van der Waals surface area contributed by atoms with Crippen molar-refractivity contribution in [3.8, 4) is 0 Å². The molecule has 1 heterocycles. The van der Waals surface area contributed by atoms with Crippen LogP contribution >= 0.6 is 23.2 Å².